The number of amides is 2. The lowest BCUT2D eigenvalue weighted by molar-refractivity contribution is -0.118. The van der Waals surface area contributed by atoms with Crippen molar-refractivity contribution < 1.29 is 28.6 Å². The Morgan fingerprint density at radius 1 is 0.804 bits per heavy atom. The minimum atomic E-state index is -1.07. The Morgan fingerprint density at radius 2 is 1.35 bits per heavy atom. The summed E-state index contributed by atoms with van der Waals surface area (Å²) in [5.74, 6) is 1.02. The first-order valence-electron chi connectivity index (χ1n) is 16.9. The van der Waals surface area contributed by atoms with Gasteiger partial charge < -0.3 is 34.3 Å². The summed E-state index contributed by atoms with van der Waals surface area (Å²) < 4.78 is 29.9. The van der Waals surface area contributed by atoms with E-state index in [1.54, 1.807) is 18.5 Å². The van der Waals surface area contributed by atoms with Gasteiger partial charge in [-0.1, -0.05) is 24.3 Å². The fourth-order valence-corrected chi connectivity index (χ4v) is 6.77. The van der Waals surface area contributed by atoms with Crippen molar-refractivity contribution in [2.45, 2.75) is 25.9 Å². The summed E-state index contributed by atoms with van der Waals surface area (Å²) in [5.41, 5.74) is 6.44. The van der Waals surface area contributed by atoms with Crippen LogP contribution in [-0.4, -0.2) is 55.6 Å². The smallest absolute Gasteiger partial charge is 0.231 e. The van der Waals surface area contributed by atoms with Gasteiger partial charge in [-0.25, -0.2) is 14.4 Å². The molecule has 4 atom stereocenters. The van der Waals surface area contributed by atoms with Crippen molar-refractivity contribution in [3.63, 3.8) is 0 Å². The van der Waals surface area contributed by atoms with Crippen molar-refractivity contribution in [3.05, 3.63) is 84.7 Å². The summed E-state index contributed by atoms with van der Waals surface area (Å²) in [6, 6.07) is 21.4. The lowest BCUT2D eigenvalue weighted by Gasteiger charge is -2.16. The van der Waals surface area contributed by atoms with E-state index in [1.807, 2.05) is 90.8 Å². The molecule has 12 heteroatoms. The quantitative estimate of drug-likeness (QED) is 0.135. The number of aromatic nitrogens is 4. The van der Waals surface area contributed by atoms with Gasteiger partial charge in [0.1, 0.15) is 29.3 Å². The number of hydrogen-bond donors (Lipinski definition) is 3. The maximum absolute atomic E-state index is 13.4. The molecule has 2 aliphatic rings. The number of carbonyl (C=O) groups is 2. The van der Waals surface area contributed by atoms with Gasteiger partial charge in [0.2, 0.25) is 18.6 Å². The second-order valence-electron chi connectivity index (χ2n) is 13.4. The van der Waals surface area contributed by atoms with E-state index in [1.165, 1.54) is 0 Å². The molecular weight excluding hydrogens is 651 g/mol. The van der Waals surface area contributed by atoms with Crippen molar-refractivity contribution in [3.8, 4) is 34.0 Å². The van der Waals surface area contributed by atoms with Gasteiger partial charge in [0, 0.05) is 59.8 Å². The maximum atomic E-state index is 13.4. The molecule has 2 fully saturated rings. The third-order valence-electron chi connectivity index (χ3n) is 10.1. The second kappa shape index (κ2) is 12.9. The van der Waals surface area contributed by atoms with E-state index < -0.39 is 12.1 Å². The zero-order valence-corrected chi connectivity index (χ0v) is 28.4. The molecule has 11 nitrogen and oxygen atoms in total. The highest BCUT2D eigenvalue weighted by atomic mass is 19.1. The Kier molecular flexibility index (Phi) is 8.18. The number of halogens is 1. The number of pyridine rings is 2. The normalized spacial score (nSPS) is 19.2. The highest BCUT2D eigenvalue weighted by Gasteiger charge is 2.44. The van der Waals surface area contributed by atoms with Crippen LogP contribution in [0, 0.1) is 24.7 Å². The number of ether oxygens (including phenoxy) is 2. The predicted octanol–water partition coefficient (Wildman–Crippen LogP) is 6.38. The molecule has 0 aliphatic heterocycles. The van der Waals surface area contributed by atoms with Crippen LogP contribution in [0.1, 0.15) is 18.4 Å². The average molecular weight is 689 g/mol. The zero-order valence-electron chi connectivity index (χ0n) is 28.4. The van der Waals surface area contributed by atoms with Gasteiger partial charge in [0.25, 0.3) is 0 Å². The molecule has 0 unspecified atom stereocenters. The Hall–Kier alpha value is -5.75. The molecule has 0 saturated heterocycles. The first-order valence-corrected chi connectivity index (χ1v) is 16.9. The topological polar surface area (TPSA) is 133 Å². The minimum Gasteiger partial charge on any atom is -0.457 e. The monoisotopic (exact) mass is 688 g/mol. The van der Waals surface area contributed by atoms with E-state index in [0.29, 0.717) is 29.6 Å². The highest BCUT2D eigenvalue weighted by Crippen LogP contribution is 2.40. The minimum absolute atomic E-state index is 0.0187. The molecule has 2 aliphatic carbocycles. The van der Waals surface area contributed by atoms with Gasteiger partial charge in [-0.2, -0.15) is 0 Å². The third kappa shape index (κ3) is 6.16. The van der Waals surface area contributed by atoms with Crippen LogP contribution in [0.5, 0.6) is 11.5 Å². The number of para-hydroxylation sites is 1. The summed E-state index contributed by atoms with van der Waals surface area (Å²) in [5, 5.41) is 16.8. The number of aliphatic hydroxyl groups excluding tert-OH is 1. The van der Waals surface area contributed by atoms with E-state index in [9.17, 15) is 19.1 Å². The number of benzene rings is 2. The summed E-state index contributed by atoms with van der Waals surface area (Å²) >= 11 is 0. The Morgan fingerprint density at radius 3 is 1.96 bits per heavy atom. The number of carbonyl (C=O) groups excluding carboxylic acids is 2. The van der Waals surface area contributed by atoms with Gasteiger partial charge in [-0.3, -0.25) is 9.59 Å². The Labute approximate surface area is 293 Å². The lowest BCUT2D eigenvalue weighted by Crippen LogP contribution is -2.16. The molecule has 51 heavy (non-hydrogen) atoms. The van der Waals surface area contributed by atoms with Crippen LogP contribution < -0.4 is 20.1 Å². The standard InChI is InChI=1S/C39H37FN6O5/c1-21-25(30-12-22-14-37(42-17-32(22)45(30)2)44-39(49)28-16-29(28)40)8-6-10-34(21)50-20-51-35-9-5-4-7-26(35)31-13-23-15-36(41-18-33(23)46(31)3)43-38(48)27-11-24(27)19-47/h4-10,12-15,17-18,24,27-29,47H,11,16,19-20H2,1-3H3,(H,41,43,48)(H,42,44,49)/t24-,27-,28+,29-/m0/s1. The molecule has 2 amide bonds. The van der Waals surface area contributed by atoms with Crippen LogP contribution in [0.4, 0.5) is 16.0 Å². The van der Waals surface area contributed by atoms with E-state index >= 15 is 0 Å². The molecule has 6 aromatic rings. The van der Waals surface area contributed by atoms with Crippen molar-refractivity contribution in [2.24, 2.45) is 31.8 Å². The SMILES string of the molecule is Cc1c(OCOc2ccccc2-c2cc3cc(NC(=O)[C@H]4C[C@H]4CO)ncc3n2C)cccc1-c1cc2cc(NC(=O)[C@@H]3C[C@@H]3F)ncc2n1C. The van der Waals surface area contributed by atoms with E-state index in [0.717, 1.165) is 49.9 Å². The number of anilines is 2. The van der Waals surface area contributed by atoms with E-state index in [2.05, 4.69) is 20.6 Å². The molecule has 2 saturated carbocycles. The highest BCUT2D eigenvalue weighted by molar-refractivity contribution is 5.97. The fourth-order valence-electron chi connectivity index (χ4n) is 6.77. The second-order valence-corrected chi connectivity index (χ2v) is 13.4. The van der Waals surface area contributed by atoms with Crippen LogP contribution in [-0.2, 0) is 23.7 Å². The van der Waals surface area contributed by atoms with Gasteiger partial charge in [-0.05, 0) is 68.1 Å². The summed E-state index contributed by atoms with van der Waals surface area (Å²) in [7, 11) is 3.93. The number of nitrogens with zero attached hydrogens (tertiary/aromatic N) is 4. The summed E-state index contributed by atoms with van der Waals surface area (Å²) in [4.78, 5) is 33.6. The zero-order chi connectivity index (χ0) is 35.4. The number of nitrogens with one attached hydrogen (secondary N) is 2. The number of hydrogen-bond acceptors (Lipinski definition) is 7. The Bertz CT molecular complexity index is 2330. The average Bonchev–Trinajstić information content (AvgIpc) is 4.03. The molecular formula is C39H37FN6O5. The van der Waals surface area contributed by atoms with Crippen molar-refractivity contribution in [2.75, 3.05) is 24.0 Å². The first kappa shape index (κ1) is 32.5. The number of alkyl halides is 1. The summed E-state index contributed by atoms with van der Waals surface area (Å²) in [6.07, 6.45) is 3.35. The van der Waals surface area contributed by atoms with Gasteiger partial charge in [0.05, 0.1) is 35.0 Å². The molecule has 3 N–H and O–H groups in total. The van der Waals surface area contributed by atoms with Crippen molar-refractivity contribution >= 4 is 45.3 Å². The number of aryl methyl sites for hydroxylation is 2. The largest absolute Gasteiger partial charge is 0.457 e. The van der Waals surface area contributed by atoms with Crippen LogP contribution in [0.15, 0.2) is 79.1 Å². The lowest BCUT2D eigenvalue weighted by atomic mass is 10.0. The third-order valence-corrected chi connectivity index (χ3v) is 10.1. The molecule has 0 bridgehead atoms. The first-order chi connectivity index (χ1) is 24.7. The van der Waals surface area contributed by atoms with Gasteiger partial charge >= 0.3 is 0 Å². The molecule has 8 rings (SSSR count). The van der Waals surface area contributed by atoms with Crippen LogP contribution in [0.25, 0.3) is 44.3 Å². The van der Waals surface area contributed by atoms with Crippen LogP contribution in [0.2, 0.25) is 0 Å². The van der Waals surface area contributed by atoms with Crippen LogP contribution >= 0.6 is 0 Å². The molecule has 0 radical (unpaired) electrons. The van der Waals surface area contributed by atoms with E-state index in [-0.39, 0.29) is 43.5 Å². The number of aliphatic hydroxyl groups is 1. The number of rotatable bonds is 11. The summed E-state index contributed by atoms with van der Waals surface area (Å²) in [6.45, 7) is 1.99. The van der Waals surface area contributed by atoms with Gasteiger partial charge in [-0.15, -0.1) is 0 Å². The Balaban J connectivity index is 0.978. The molecule has 0 spiro atoms. The van der Waals surface area contributed by atoms with Crippen molar-refractivity contribution in [1.82, 2.24) is 19.1 Å². The molecule has 260 valence electrons. The maximum Gasteiger partial charge on any atom is 0.231 e. The predicted molar refractivity (Wildman–Crippen MR) is 192 cm³/mol. The molecule has 4 heterocycles. The fraction of sp³-hybridized carbons (Fsp3) is 0.282. The molecule has 4 aromatic heterocycles. The van der Waals surface area contributed by atoms with E-state index in [4.69, 9.17) is 9.47 Å². The van der Waals surface area contributed by atoms with Crippen molar-refractivity contribution in [1.29, 1.82) is 0 Å². The van der Waals surface area contributed by atoms with Crippen LogP contribution in [0.3, 0.4) is 0 Å². The number of fused-ring (bicyclic) bond motifs is 2. The molecule has 2 aromatic carbocycles. The van der Waals surface area contributed by atoms with Gasteiger partial charge in [0.15, 0.2) is 0 Å².